The van der Waals surface area contributed by atoms with Crippen LogP contribution in [0.25, 0.3) is 0 Å². The molecule has 1 rings (SSSR count). The first kappa shape index (κ1) is 17.3. The van der Waals surface area contributed by atoms with Crippen LogP contribution in [0.3, 0.4) is 0 Å². The fraction of sp³-hybridized carbons (Fsp3) is 0.571. The Kier molecular flexibility index (Phi) is 6.33. The van der Waals surface area contributed by atoms with E-state index in [4.69, 9.17) is 0 Å². The second-order valence-corrected chi connectivity index (χ2v) is 6.08. The predicted molar refractivity (Wildman–Crippen MR) is 75.4 cm³/mol. The van der Waals surface area contributed by atoms with E-state index in [0.29, 0.717) is 17.2 Å². The molecule has 0 spiro atoms. The molecule has 0 aliphatic heterocycles. The third kappa shape index (κ3) is 4.98. The van der Waals surface area contributed by atoms with Crippen molar-refractivity contribution in [1.29, 1.82) is 0 Å². The van der Waals surface area contributed by atoms with Crippen LogP contribution in [0.15, 0.2) is 18.2 Å². The highest BCUT2D eigenvalue weighted by molar-refractivity contribution is 7.99. The van der Waals surface area contributed by atoms with Crippen molar-refractivity contribution >= 4 is 11.8 Å². The fourth-order valence-electron chi connectivity index (χ4n) is 1.74. The fourth-order valence-corrected chi connectivity index (χ4v) is 2.95. The first-order valence-electron chi connectivity index (χ1n) is 6.37. The van der Waals surface area contributed by atoms with E-state index in [1.165, 1.54) is 6.07 Å². The average molecular weight is 309 g/mol. The van der Waals surface area contributed by atoms with Gasteiger partial charge in [-0.3, -0.25) is 0 Å². The van der Waals surface area contributed by atoms with E-state index in [9.17, 15) is 17.6 Å². The monoisotopic (exact) mass is 309 g/mol. The molecular weight excluding hydrogens is 290 g/mol. The van der Waals surface area contributed by atoms with Gasteiger partial charge in [-0.15, -0.1) is 0 Å². The molecule has 1 aromatic carbocycles. The summed E-state index contributed by atoms with van der Waals surface area (Å²) in [6, 6.07) is 2.96. The zero-order chi connectivity index (χ0) is 15.3. The van der Waals surface area contributed by atoms with Gasteiger partial charge in [0.1, 0.15) is 5.82 Å². The number of thioether (sulfide) groups is 1. The Morgan fingerprint density at radius 3 is 2.35 bits per heavy atom. The number of halogens is 4. The van der Waals surface area contributed by atoms with E-state index in [1.54, 1.807) is 18.8 Å². The van der Waals surface area contributed by atoms with Crippen molar-refractivity contribution in [3.63, 3.8) is 0 Å². The van der Waals surface area contributed by atoms with E-state index in [-0.39, 0.29) is 6.04 Å². The zero-order valence-corrected chi connectivity index (χ0v) is 12.5. The van der Waals surface area contributed by atoms with Gasteiger partial charge >= 0.3 is 6.18 Å². The van der Waals surface area contributed by atoms with Gasteiger partial charge in [0.2, 0.25) is 0 Å². The molecule has 1 atom stereocenters. The van der Waals surface area contributed by atoms with Crippen LogP contribution in [0.1, 0.15) is 31.0 Å². The summed E-state index contributed by atoms with van der Waals surface area (Å²) in [5.74, 6) is 0.880. The third-order valence-corrected chi connectivity index (χ3v) is 4.25. The molecule has 20 heavy (non-hydrogen) atoms. The summed E-state index contributed by atoms with van der Waals surface area (Å²) >= 11 is 1.67. The largest absolute Gasteiger partial charge is 0.419 e. The Morgan fingerprint density at radius 2 is 1.85 bits per heavy atom. The smallest absolute Gasteiger partial charge is 0.312 e. The van der Waals surface area contributed by atoms with Gasteiger partial charge in [-0.1, -0.05) is 19.9 Å². The highest BCUT2D eigenvalue weighted by Gasteiger charge is 2.34. The lowest BCUT2D eigenvalue weighted by Gasteiger charge is -2.19. The normalized spacial score (nSPS) is 13.8. The molecule has 0 saturated carbocycles. The van der Waals surface area contributed by atoms with Crippen LogP contribution in [-0.2, 0) is 6.18 Å². The maximum atomic E-state index is 13.2. The van der Waals surface area contributed by atoms with Crippen LogP contribution in [0.4, 0.5) is 17.6 Å². The van der Waals surface area contributed by atoms with Crippen molar-refractivity contribution in [2.75, 3.05) is 18.6 Å². The van der Waals surface area contributed by atoms with Crippen LogP contribution in [0.5, 0.6) is 0 Å². The Hall–Kier alpha value is -0.750. The van der Waals surface area contributed by atoms with Gasteiger partial charge in [0.25, 0.3) is 0 Å². The van der Waals surface area contributed by atoms with Gasteiger partial charge in [-0.05, 0) is 36.4 Å². The predicted octanol–water partition coefficient (Wildman–Crippen LogP) is 4.49. The summed E-state index contributed by atoms with van der Waals surface area (Å²) in [7, 11) is 1.69. The highest BCUT2D eigenvalue weighted by atomic mass is 32.2. The van der Waals surface area contributed by atoms with Crippen molar-refractivity contribution in [3.05, 3.63) is 35.1 Å². The lowest BCUT2D eigenvalue weighted by atomic mass is 10.0. The average Bonchev–Trinajstić information content (AvgIpc) is 2.34. The van der Waals surface area contributed by atoms with E-state index in [2.05, 4.69) is 19.2 Å². The molecule has 1 aromatic rings. The lowest BCUT2D eigenvalue weighted by molar-refractivity contribution is -0.140. The van der Waals surface area contributed by atoms with Crippen molar-refractivity contribution in [2.24, 2.45) is 5.92 Å². The molecule has 0 radical (unpaired) electrons. The number of hydrogen-bond acceptors (Lipinski definition) is 2. The van der Waals surface area contributed by atoms with Crippen molar-refractivity contribution < 1.29 is 17.6 Å². The maximum Gasteiger partial charge on any atom is 0.419 e. The first-order chi connectivity index (χ1) is 9.25. The van der Waals surface area contributed by atoms with Crippen LogP contribution >= 0.6 is 11.8 Å². The molecule has 1 nitrogen and oxygen atoms in total. The molecule has 0 fully saturated rings. The summed E-state index contributed by atoms with van der Waals surface area (Å²) in [6.07, 6.45) is -4.66. The molecule has 0 saturated heterocycles. The molecule has 6 heteroatoms. The minimum absolute atomic E-state index is 0.222. The molecule has 0 aliphatic carbocycles. The summed E-state index contributed by atoms with van der Waals surface area (Å²) < 4.78 is 51.3. The number of benzene rings is 1. The second kappa shape index (κ2) is 7.31. The van der Waals surface area contributed by atoms with E-state index in [1.807, 2.05) is 0 Å². The number of rotatable bonds is 6. The van der Waals surface area contributed by atoms with Gasteiger partial charge in [0.05, 0.1) is 5.56 Å². The van der Waals surface area contributed by atoms with Crippen LogP contribution in [0, 0.1) is 11.7 Å². The van der Waals surface area contributed by atoms with Gasteiger partial charge in [-0.2, -0.15) is 24.9 Å². The number of nitrogens with one attached hydrogen (secondary N) is 1. The Balaban J connectivity index is 2.88. The van der Waals surface area contributed by atoms with Crippen LogP contribution < -0.4 is 5.32 Å². The minimum atomic E-state index is -4.66. The molecule has 0 bridgehead atoms. The minimum Gasteiger partial charge on any atom is -0.312 e. The van der Waals surface area contributed by atoms with Gasteiger partial charge in [0.15, 0.2) is 0 Å². The summed E-state index contributed by atoms with van der Waals surface area (Å²) in [5.41, 5.74) is -0.749. The SMILES string of the molecule is CNC(CSCC(C)C)c1ccc(F)c(C(F)(F)F)c1. The number of alkyl halides is 3. The van der Waals surface area contributed by atoms with Crippen molar-refractivity contribution in [3.8, 4) is 0 Å². The Bertz CT molecular complexity index is 432. The molecule has 0 heterocycles. The summed E-state index contributed by atoms with van der Waals surface area (Å²) in [6.45, 7) is 4.17. The zero-order valence-electron chi connectivity index (χ0n) is 11.7. The topological polar surface area (TPSA) is 12.0 Å². The van der Waals surface area contributed by atoms with Crippen LogP contribution in [0.2, 0.25) is 0 Å². The summed E-state index contributed by atoms with van der Waals surface area (Å²) in [5, 5.41) is 2.98. The van der Waals surface area contributed by atoms with Gasteiger partial charge < -0.3 is 5.32 Å². The molecular formula is C14H19F4NS. The maximum absolute atomic E-state index is 13.2. The molecule has 0 amide bonds. The first-order valence-corrected chi connectivity index (χ1v) is 7.52. The van der Waals surface area contributed by atoms with Gasteiger partial charge in [0, 0.05) is 11.8 Å². The summed E-state index contributed by atoms with van der Waals surface area (Å²) in [4.78, 5) is 0. The van der Waals surface area contributed by atoms with Crippen LogP contribution in [-0.4, -0.2) is 18.6 Å². The standard InChI is InChI=1S/C14H19F4NS/c1-9(2)7-20-8-13(19-3)10-4-5-12(15)11(6-10)14(16,17)18/h4-6,9,13,19H,7-8H2,1-3H3. The Morgan fingerprint density at radius 1 is 1.20 bits per heavy atom. The van der Waals surface area contributed by atoms with Crippen molar-refractivity contribution in [2.45, 2.75) is 26.1 Å². The molecule has 0 aromatic heterocycles. The molecule has 114 valence electrons. The van der Waals surface area contributed by atoms with Crippen molar-refractivity contribution in [1.82, 2.24) is 5.32 Å². The van der Waals surface area contributed by atoms with E-state index < -0.39 is 17.6 Å². The lowest BCUT2D eigenvalue weighted by Crippen LogP contribution is -2.20. The molecule has 1 N–H and O–H groups in total. The second-order valence-electron chi connectivity index (χ2n) is 5.01. The van der Waals surface area contributed by atoms with E-state index in [0.717, 1.165) is 17.9 Å². The molecule has 0 aliphatic rings. The van der Waals surface area contributed by atoms with E-state index >= 15 is 0 Å². The number of hydrogen-bond donors (Lipinski definition) is 1. The van der Waals surface area contributed by atoms with Gasteiger partial charge in [-0.25, -0.2) is 4.39 Å². The third-order valence-electron chi connectivity index (χ3n) is 2.78. The Labute approximate surface area is 121 Å². The molecule has 1 unspecified atom stereocenters. The quantitative estimate of drug-likeness (QED) is 0.777. The highest BCUT2D eigenvalue weighted by Crippen LogP contribution is 2.33.